The Balaban J connectivity index is 1.08. The normalized spacial score (nSPS) is 13.0. The van der Waals surface area contributed by atoms with E-state index < -0.39 is 8.07 Å². The number of benzene rings is 9. The summed E-state index contributed by atoms with van der Waals surface area (Å²) in [6.45, 7) is 4.98. The van der Waals surface area contributed by atoms with Gasteiger partial charge in [-0.3, -0.25) is 0 Å². The van der Waals surface area contributed by atoms with Crippen LogP contribution in [0.15, 0.2) is 188 Å². The summed E-state index contributed by atoms with van der Waals surface area (Å²) in [6, 6.07) is 69.5. The number of hydrogen-bond acceptors (Lipinski definition) is 1. The predicted octanol–water partition coefficient (Wildman–Crippen LogP) is 12.8. The van der Waals surface area contributed by atoms with Crippen molar-refractivity contribution in [1.29, 1.82) is 0 Å². The molecule has 0 aromatic heterocycles. The van der Waals surface area contributed by atoms with E-state index in [0.29, 0.717) is 0 Å². The van der Waals surface area contributed by atoms with Crippen LogP contribution in [-0.4, -0.2) is 8.07 Å². The lowest BCUT2D eigenvalue weighted by Gasteiger charge is -2.26. The van der Waals surface area contributed by atoms with E-state index in [1.165, 1.54) is 70.9 Å². The van der Waals surface area contributed by atoms with Gasteiger partial charge in [0.15, 0.2) is 0 Å². The van der Waals surface area contributed by atoms with Crippen molar-refractivity contribution in [3.05, 3.63) is 188 Å². The Labute approximate surface area is 306 Å². The van der Waals surface area contributed by atoms with Crippen LogP contribution in [0.4, 0.5) is 17.1 Å². The molecule has 1 aliphatic heterocycles. The summed E-state index contributed by atoms with van der Waals surface area (Å²) in [5.74, 6) is 0. The average molecular weight is 680 g/mol. The maximum absolute atomic E-state index is 2.49. The lowest BCUT2D eigenvalue weighted by Crippen LogP contribution is -2.49. The first-order valence-corrected chi connectivity index (χ1v) is 21.2. The van der Waals surface area contributed by atoms with Crippen molar-refractivity contribution in [1.82, 2.24) is 0 Å². The third kappa shape index (κ3) is 4.83. The Bertz CT molecular complexity index is 2800. The van der Waals surface area contributed by atoms with E-state index >= 15 is 0 Å². The second kappa shape index (κ2) is 11.9. The second-order valence-electron chi connectivity index (χ2n) is 14.6. The fourth-order valence-electron chi connectivity index (χ4n) is 8.64. The average Bonchev–Trinajstić information content (AvgIpc) is 3.44. The van der Waals surface area contributed by atoms with Crippen molar-refractivity contribution in [2.24, 2.45) is 0 Å². The minimum absolute atomic E-state index is 1.13. The van der Waals surface area contributed by atoms with Crippen molar-refractivity contribution >= 4 is 67.8 Å². The van der Waals surface area contributed by atoms with Gasteiger partial charge in [0, 0.05) is 17.1 Å². The molecule has 1 aliphatic rings. The summed E-state index contributed by atoms with van der Waals surface area (Å²) >= 11 is 0. The zero-order chi connectivity index (χ0) is 34.8. The van der Waals surface area contributed by atoms with E-state index in [1.54, 1.807) is 5.19 Å². The first-order valence-electron chi connectivity index (χ1n) is 18.2. The topological polar surface area (TPSA) is 3.24 Å². The monoisotopic (exact) mass is 679 g/mol. The minimum Gasteiger partial charge on any atom is -0.310 e. The van der Waals surface area contributed by atoms with Gasteiger partial charge in [0.2, 0.25) is 0 Å². The Morgan fingerprint density at radius 3 is 1.42 bits per heavy atom. The molecule has 0 bridgehead atoms. The molecule has 0 unspecified atom stereocenters. The van der Waals surface area contributed by atoms with Crippen LogP contribution < -0.4 is 15.3 Å². The molecule has 52 heavy (non-hydrogen) atoms. The van der Waals surface area contributed by atoms with Gasteiger partial charge in [-0.05, 0) is 119 Å². The van der Waals surface area contributed by atoms with E-state index in [4.69, 9.17) is 0 Å². The highest BCUT2D eigenvalue weighted by Gasteiger charge is 2.37. The molecule has 0 saturated carbocycles. The zero-order valence-electron chi connectivity index (χ0n) is 29.3. The smallest absolute Gasteiger partial charge is 0.113 e. The molecule has 9 aromatic rings. The van der Waals surface area contributed by atoms with Gasteiger partial charge >= 0.3 is 0 Å². The molecule has 0 radical (unpaired) electrons. The SMILES string of the molecule is C[Si]1(C)c2ccccc2-c2ccc(-c3cccc(N(c4ccccc4)c4cccc(-c5ccc6c7ccccc7c7ccccc7c6c5)c4)c3)cc21. The Hall–Kier alpha value is -6.22. The number of rotatable bonds is 5. The van der Waals surface area contributed by atoms with Crippen LogP contribution in [-0.2, 0) is 0 Å². The molecule has 0 aliphatic carbocycles. The van der Waals surface area contributed by atoms with Gasteiger partial charge < -0.3 is 4.90 Å². The van der Waals surface area contributed by atoms with Gasteiger partial charge in [-0.15, -0.1) is 0 Å². The van der Waals surface area contributed by atoms with Crippen LogP contribution in [0.2, 0.25) is 13.1 Å². The largest absolute Gasteiger partial charge is 0.310 e. The highest BCUT2D eigenvalue weighted by molar-refractivity contribution is 7.03. The molecule has 2 heteroatoms. The molecule has 0 spiro atoms. The van der Waals surface area contributed by atoms with Crippen molar-refractivity contribution in [2.75, 3.05) is 4.90 Å². The van der Waals surface area contributed by atoms with Crippen LogP contribution in [0.1, 0.15) is 0 Å². The van der Waals surface area contributed by atoms with Gasteiger partial charge in [0.1, 0.15) is 8.07 Å². The Morgan fingerprint density at radius 1 is 0.308 bits per heavy atom. The highest BCUT2D eigenvalue weighted by atomic mass is 28.3. The first-order chi connectivity index (χ1) is 25.5. The number of para-hydroxylation sites is 1. The molecule has 0 atom stereocenters. The van der Waals surface area contributed by atoms with Crippen molar-refractivity contribution in [2.45, 2.75) is 13.1 Å². The van der Waals surface area contributed by atoms with Crippen LogP contribution >= 0.6 is 0 Å². The van der Waals surface area contributed by atoms with E-state index in [9.17, 15) is 0 Å². The molecular formula is C50H37NSi. The lowest BCUT2D eigenvalue weighted by atomic mass is 9.92. The minimum atomic E-state index is -1.78. The molecule has 246 valence electrons. The van der Waals surface area contributed by atoms with E-state index in [0.717, 1.165) is 17.1 Å². The molecule has 9 aromatic carbocycles. The molecule has 0 saturated heterocycles. The molecule has 1 heterocycles. The number of hydrogen-bond donors (Lipinski definition) is 0. The van der Waals surface area contributed by atoms with Crippen molar-refractivity contribution in [3.8, 4) is 33.4 Å². The summed E-state index contributed by atoms with van der Waals surface area (Å²) in [5.41, 5.74) is 11.1. The van der Waals surface area contributed by atoms with Gasteiger partial charge in [-0.25, -0.2) is 0 Å². The quantitative estimate of drug-likeness (QED) is 0.129. The number of nitrogens with zero attached hydrogens (tertiary/aromatic N) is 1. The van der Waals surface area contributed by atoms with Crippen LogP contribution in [0.25, 0.3) is 65.7 Å². The first kappa shape index (κ1) is 30.6. The second-order valence-corrected chi connectivity index (χ2v) is 18.9. The third-order valence-corrected chi connectivity index (χ3v) is 14.8. The summed E-state index contributed by atoms with van der Waals surface area (Å²) in [7, 11) is -1.78. The van der Waals surface area contributed by atoms with E-state index in [-0.39, 0.29) is 0 Å². The Morgan fingerprint density at radius 2 is 0.769 bits per heavy atom. The lowest BCUT2D eigenvalue weighted by molar-refractivity contribution is 1.28. The molecule has 0 N–H and O–H groups in total. The summed E-state index contributed by atoms with van der Waals surface area (Å²) in [6.07, 6.45) is 0. The van der Waals surface area contributed by atoms with Crippen molar-refractivity contribution < 1.29 is 0 Å². The summed E-state index contributed by atoms with van der Waals surface area (Å²) < 4.78 is 0. The maximum Gasteiger partial charge on any atom is 0.113 e. The highest BCUT2D eigenvalue weighted by Crippen LogP contribution is 2.41. The molecular weight excluding hydrogens is 643 g/mol. The van der Waals surface area contributed by atoms with Crippen LogP contribution in [0, 0.1) is 0 Å². The summed E-state index contributed by atoms with van der Waals surface area (Å²) in [5, 5.41) is 10.8. The molecule has 0 fully saturated rings. The Kier molecular flexibility index (Phi) is 7.02. The van der Waals surface area contributed by atoms with Crippen LogP contribution in [0.5, 0.6) is 0 Å². The fourth-order valence-corrected chi connectivity index (χ4v) is 11.7. The van der Waals surface area contributed by atoms with Gasteiger partial charge in [-0.1, -0.05) is 159 Å². The number of fused-ring (bicyclic) bond motifs is 9. The standard InChI is InChI=1S/C50H37NSi/c1-52(2)49-25-11-10-24-46(49)47-29-27-37(33-50(47)52)35-15-13-19-40(31-35)51(38-16-4-3-5-17-38)39-18-12-14-34(30-39)36-26-28-45-43-22-7-6-20-41(43)42-21-8-9-23-44(42)48(45)32-36/h3-33H,1-2H3. The molecule has 1 nitrogen and oxygen atoms in total. The van der Waals surface area contributed by atoms with Crippen molar-refractivity contribution in [3.63, 3.8) is 0 Å². The predicted molar refractivity (Wildman–Crippen MR) is 227 cm³/mol. The number of anilines is 3. The summed E-state index contributed by atoms with van der Waals surface area (Å²) in [4.78, 5) is 2.39. The van der Waals surface area contributed by atoms with E-state index in [1.807, 2.05) is 0 Å². The third-order valence-electron chi connectivity index (χ3n) is 11.2. The molecule has 10 rings (SSSR count). The van der Waals surface area contributed by atoms with Crippen LogP contribution in [0.3, 0.4) is 0 Å². The molecule has 0 amide bonds. The fraction of sp³-hybridized carbons (Fsp3) is 0.0400. The van der Waals surface area contributed by atoms with Gasteiger partial charge in [-0.2, -0.15) is 0 Å². The van der Waals surface area contributed by atoms with E-state index in [2.05, 4.69) is 206 Å². The zero-order valence-corrected chi connectivity index (χ0v) is 30.3. The maximum atomic E-state index is 2.49. The van der Waals surface area contributed by atoms with Gasteiger partial charge in [0.05, 0.1) is 0 Å². The van der Waals surface area contributed by atoms with Gasteiger partial charge in [0.25, 0.3) is 0 Å².